The Morgan fingerprint density at radius 1 is 1.19 bits per heavy atom. The molecule has 1 unspecified atom stereocenters. The van der Waals surface area contributed by atoms with Crippen molar-refractivity contribution in [2.24, 2.45) is 0 Å². The van der Waals surface area contributed by atoms with E-state index in [-0.39, 0.29) is 0 Å². The van der Waals surface area contributed by atoms with Crippen molar-refractivity contribution in [3.05, 3.63) is 24.3 Å². The van der Waals surface area contributed by atoms with Crippen LogP contribution in [0.4, 0.5) is 16.2 Å². The first kappa shape index (κ1) is 15.1. The first-order chi connectivity index (χ1) is 10.1. The van der Waals surface area contributed by atoms with Crippen LogP contribution in [0, 0.1) is 0 Å². The molecule has 0 aromatic heterocycles. The van der Waals surface area contributed by atoms with Crippen LogP contribution in [0.2, 0.25) is 0 Å². The molecule has 1 fully saturated rings. The quantitative estimate of drug-likeness (QED) is 0.645. The molecular formula is C14H19N3O4. The molecule has 0 radical (unpaired) electrons. The van der Waals surface area contributed by atoms with Crippen LogP contribution in [0.5, 0.6) is 0 Å². The molecule has 0 spiro atoms. The Balaban J connectivity index is 1.90. The van der Waals surface area contributed by atoms with E-state index in [0.717, 1.165) is 18.8 Å². The molecule has 0 bridgehead atoms. The highest BCUT2D eigenvalue weighted by Crippen LogP contribution is 2.21. The van der Waals surface area contributed by atoms with Gasteiger partial charge >= 0.3 is 12.0 Å². The average molecular weight is 293 g/mol. The monoisotopic (exact) mass is 293 g/mol. The number of urea groups is 1. The van der Waals surface area contributed by atoms with Crippen LogP contribution < -0.4 is 15.5 Å². The Hall–Kier alpha value is -2.28. The van der Waals surface area contributed by atoms with Crippen LogP contribution in [0.15, 0.2) is 24.3 Å². The minimum atomic E-state index is -1.31. The van der Waals surface area contributed by atoms with E-state index < -0.39 is 24.6 Å². The number of benzene rings is 1. The van der Waals surface area contributed by atoms with Gasteiger partial charge in [0.1, 0.15) is 0 Å². The molecule has 2 rings (SSSR count). The van der Waals surface area contributed by atoms with E-state index in [9.17, 15) is 9.59 Å². The highest BCUT2D eigenvalue weighted by molar-refractivity contribution is 5.92. The number of nitrogens with zero attached hydrogens (tertiary/aromatic N) is 1. The molecule has 1 saturated heterocycles. The first-order valence-corrected chi connectivity index (χ1v) is 6.86. The zero-order chi connectivity index (χ0) is 15.2. The number of carboxylic acids is 1. The molecule has 7 nitrogen and oxygen atoms in total. The van der Waals surface area contributed by atoms with E-state index in [1.165, 1.54) is 12.8 Å². The maximum atomic E-state index is 11.6. The number of hydrogen-bond acceptors (Lipinski definition) is 4. The molecule has 1 aromatic carbocycles. The fourth-order valence-electron chi connectivity index (χ4n) is 2.24. The highest BCUT2D eigenvalue weighted by atomic mass is 16.4. The summed E-state index contributed by atoms with van der Waals surface area (Å²) in [6, 6.07) is 5.40. The van der Waals surface area contributed by atoms with Crippen LogP contribution in [0.3, 0.4) is 0 Å². The van der Waals surface area contributed by atoms with Gasteiger partial charge < -0.3 is 25.7 Å². The Bertz CT molecular complexity index is 497. The predicted octanol–water partition coefficient (Wildman–Crippen LogP) is 0.854. The lowest BCUT2D eigenvalue weighted by atomic mass is 10.2. The summed E-state index contributed by atoms with van der Waals surface area (Å²) >= 11 is 0. The van der Waals surface area contributed by atoms with Crippen molar-refractivity contribution in [1.82, 2.24) is 5.32 Å². The Morgan fingerprint density at radius 2 is 1.81 bits per heavy atom. The van der Waals surface area contributed by atoms with E-state index >= 15 is 0 Å². The SMILES string of the molecule is O=C(Nc1ccc(N2CCCC2)cc1)NC(CO)C(=O)O. The minimum Gasteiger partial charge on any atom is -0.480 e. The maximum Gasteiger partial charge on any atom is 0.328 e. The maximum absolute atomic E-state index is 11.6. The highest BCUT2D eigenvalue weighted by Gasteiger charge is 2.18. The summed E-state index contributed by atoms with van der Waals surface area (Å²) in [5.74, 6) is -1.28. The van der Waals surface area contributed by atoms with Gasteiger partial charge in [0, 0.05) is 24.5 Å². The fourth-order valence-corrected chi connectivity index (χ4v) is 2.24. The van der Waals surface area contributed by atoms with Crippen LogP contribution in [-0.4, -0.2) is 48.0 Å². The molecule has 0 aliphatic carbocycles. The summed E-state index contributed by atoms with van der Waals surface area (Å²) in [4.78, 5) is 24.6. The van der Waals surface area contributed by atoms with E-state index in [4.69, 9.17) is 10.2 Å². The number of anilines is 2. The van der Waals surface area contributed by atoms with E-state index in [2.05, 4.69) is 15.5 Å². The number of aliphatic carboxylic acids is 1. The first-order valence-electron chi connectivity index (χ1n) is 6.86. The van der Waals surface area contributed by atoms with Gasteiger partial charge in [-0.25, -0.2) is 9.59 Å². The molecule has 7 heteroatoms. The molecule has 2 amide bonds. The molecule has 4 N–H and O–H groups in total. The van der Waals surface area contributed by atoms with Crippen LogP contribution in [-0.2, 0) is 4.79 Å². The third-order valence-corrected chi connectivity index (χ3v) is 3.38. The molecule has 1 aliphatic rings. The second-order valence-electron chi connectivity index (χ2n) is 4.91. The lowest BCUT2D eigenvalue weighted by Gasteiger charge is -2.18. The van der Waals surface area contributed by atoms with E-state index in [1.807, 2.05) is 12.1 Å². The van der Waals surface area contributed by atoms with E-state index in [0.29, 0.717) is 5.69 Å². The minimum absolute atomic E-state index is 0.567. The summed E-state index contributed by atoms with van der Waals surface area (Å²) in [6.07, 6.45) is 2.39. The zero-order valence-electron chi connectivity index (χ0n) is 11.6. The molecule has 1 aromatic rings. The number of aliphatic hydroxyl groups excluding tert-OH is 1. The van der Waals surface area contributed by atoms with Crippen LogP contribution in [0.1, 0.15) is 12.8 Å². The number of rotatable bonds is 5. The van der Waals surface area contributed by atoms with Gasteiger partial charge in [-0.15, -0.1) is 0 Å². The smallest absolute Gasteiger partial charge is 0.328 e. The van der Waals surface area contributed by atoms with Gasteiger partial charge in [-0.2, -0.15) is 0 Å². The van der Waals surface area contributed by atoms with Gasteiger partial charge in [-0.3, -0.25) is 0 Å². The van der Waals surface area contributed by atoms with Crippen molar-refractivity contribution in [3.63, 3.8) is 0 Å². The Kier molecular flexibility index (Phi) is 4.99. The number of carboxylic acid groups (broad SMARTS) is 1. The molecule has 1 atom stereocenters. The summed E-state index contributed by atoms with van der Waals surface area (Å²) < 4.78 is 0. The zero-order valence-corrected chi connectivity index (χ0v) is 11.6. The number of carbonyl (C=O) groups excluding carboxylic acids is 1. The van der Waals surface area contributed by atoms with Gasteiger partial charge in [0.2, 0.25) is 0 Å². The summed E-state index contributed by atoms with van der Waals surface area (Å²) in [7, 11) is 0. The molecular weight excluding hydrogens is 274 g/mol. The molecule has 21 heavy (non-hydrogen) atoms. The number of carbonyl (C=O) groups is 2. The second kappa shape index (κ2) is 6.94. The Morgan fingerprint density at radius 3 is 2.33 bits per heavy atom. The number of amides is 2. The third kappa shape index (κ3) is 4.09. The summed E-state index contributed by atoms with van der Waals surface area (Å²) in [5, 5.41) is 22.3. The molecule has 114 valence electrons. The number of hydrogen-bond donors (Lipinski definition) is 4. The van der Waals surface area contributed by atoms with Crippen LogP contribution in [0.25, 0.3) is 0 Å². The van der Waals surface area contributed by atoms with Crippen molar-refractivity contribution < 1.29 is 19.8 Å². The molecule has 1 aliphatic heterocycles. The van der Waals surface area contributed by atoms with Crippen molar-refractivity contribution in [1.29, 1.82) is 0 Å². The van der Waals surface area contributed by atoms with Gasteiger partial charge in [-0.1, -0.05) is 0 Å². The van der Waals surface area contributed by atoms with Crippen LogP contribution >= 0.6 is 0 Å². The fraction of sp³-hybridized carbons (Fsp3) is 0.429. The largest absolute Gasteiger partial charge is 0.480 e. The van der Waals surface area contributed by atoms with Crippen molar-refractivity contribution >= 4 is 23.4 Å². The summed E-state index contributed by atoms with van der Waals surface area (Å²) in [5.41, 5.74) is 1.68. The van der Waals surface area contributed by atoms with Crippen molar-refractivity contribution in [3.8, 4) is 0 Å². The normalized spacial score (nSPS) is 15.6. The predicted molar refractivity (Wildman–Crippen MR) is 78.6 cm³/mol. The number of nitrogens with one attached hydrogen (secondary N) is 2. The molecule has 0 saturated carbocycles. The average Bonchev–Trinajstić information content (AvgIpc) is 2.99. The van der Waals surface area contributed by atoms with Crippen molar-refractivity contribution in [2.75, 3.05) is 29.9 Å². The number of aliphatic hydroxyl groups is 1. The molecule has 1 heterocycles. The van der Waals surface area contributed by atoms with E-state index in [1.54, 1.807) is 12.1 Å². The third-order valence-electron chi connectivity index (χ3n) is 3.38. The van der Waals surface area contributed by atoms with Gasteiger partial charge in [0.25, 0.3) is 0 Å². The Labute approximate surface area is 122 Å². The van der Waals surface area contributed by atoms with Crippen molar-refractivity contribution in [2.45, 2.75) is 18.9 Å². The van der Waals surface area contributed by atoms with Gasteiger partial charge in [-0.05, 0) is 37.1 Å². The lowest BCUT2D eigenvalue weighted by Crippen LogP contribution is -2.45. The second-order valence-corrected chi connectivity index (χ2v) is 4.91. The summed E-state index contributed by atoms with van der Waals surface area (Å²) in [6.45, 7) is 1.44. The van der Waals surface area contributed by atoms with Gasteiger partial charge in [0.05, 0.1) is 6.61 Å². The lowest BCUT2D eigenvalue weighted by molar-refractivity contribution is -0.140. The van der Waals surface area contributed by atoms with Gasteiger partial charge in [0.15, 0.2) is 6.04 Å². The topological polar surface area (TPSA) is 102 Å². The standard InChI is InChI=1S/C14H19N3O4/c18-9-12(13(19)20)16-14(21)15-10-3-5-11(6-4-10)17-7-1-2-8-17/h3-6,12,18H,1-2,7-9H2,(H,19,20)(H2,15,16,21).